The fourth-order valence-corrected chi connectivity index (χ4v) is 4.06. The number of likely N-dealkylation sites (N-methyl/N-ethyl adjacent to an activating group) is 1. The van der Waals surface area contributed by atoms with Crippen molar-refractivity contribution in [3.63, 3.8) is 0 Å². The van der Waals surface area contributed by atoms with E-state index in [1.165, 1.54) is 44.2 Å². The summed E-state index contributed by atoms with van der Waals surface area (Å²) in [7, 11) is 2.08. The summed E-state index contributed by atoms with van der Waals surface area (Å²) in [6.07, 6.45) is 6.66. The van der Waals surface area contributed by atoms with E-state index in [-0.39, 0.29) is 0 Å². The zero-order valence-corrected chi connectivity index (χ0v) is 13.3. The number of para-hydroxylation sites is 1. The van der Waals surface area contributed by atoms with Gasteiger partial charge in [-0.25, -0.2) is 0 Å². The third-order valence-corrected chi connectivity index (χ3v) is 5.18. The van der Waals surface area contributed by atoms with Crippen molar-refractivity contribution in [2.75, 3.05) is 20.2 Å². The first kappa shape index (κ1) is 14.9. The maximum absolute atomic E-state index is 6.07. The van der Waals surface area contributed by atoms with E-state index in [4.69, 9.17) is 4.74 Å². The molecular formula is C18H28N2O. The van der Waals surface area contributed by atoms with Crippen molar-refractivity contribution in [1.29, 1.82) is 0 Å². The van der Waals surface area contributed by atoms with E-state index in [9.17, 15) is 0 Å². The summed E-state index contributed by atoms with van der Waals surface area (Å²) in [5, 5.41) is 3.55. The summed E-state index contributed by atoms with van der Waals surface area (Å²) in [4.78, 5) is 2.73. The smallest absolute Gasteiger partial charge is 0.124 e. The van der Waals surface area contributed by atoms with Crippen LogP contribution in [0.15, 0.2) is 24.3 Å². The van der Waals surface area contributed by atoms with Gasteiger partial charge in [0.05, 0.1) is 12.1 Å². The first-order valence-electron chi connectivity index (χ1n) is 8.50. The lowest BCUT2D eigenvalue weighted by atomic mass is 9.93. The Labute approximate surface area is 128 Å². The van der Waals surface area contributed by atoms with Crippen LogP contribution < -0.4 is 10.1 Å². The van der Waals surface area contributed by atoms with Gasteiger partial charge in [-0.3, -0.25) is 4.90 Å². The van der Waals surface area contributed by atoms with Crippen LogP contribution in [0.2, 0.25) is 0 Å². The minimum absolute atomic E-state index is 0.377. The van der Waals surface area contributed by atoms with Crippen LogP contribution in [0.25, 0.3) is 0 Å². The van der Waals surface area contributed by atoms with Gasteiger partial charge in [0.15, 0.2) is 0 Å². The number of hydrogen-bond donors (Lipinski definition) is 1. The molecule has 3 nitrogen and oxygen atoms in total. The van der Waals surface area contributed by atoms with Gasteiger partial charge in [0, 0.05) is 11.6 Å². The number of ether oxygens (including phenoxy) is 1. The molecule has 2 aliphatic heterocycles. The van der Waals surface area contributed by atoms with E-state index in [0.717, 1.165) is 12.4 Å². The third-order valence-electron chi connectivity index (χ3n) is 5.18. The number of benzene rings is 1. The minimum Gasteiger partial charge on any atom is -0.492 e. The Hall–Kier alpha value is -1.06. The van der Waals surface area contributed by atoms with Gasteiger partial charge in [-0.1, -0.05) is 38.0 Å². The Morgan fingerprint density at radius 3 is 2.90 bits per heavy atom. The van der Waals surface area contributed by atoms with Gasteiger partial charge in [0.25, 0.3) is 0 Å². The predicted octanol–water partition coefficient (Wildman–Crippen LogP) is 3.36. The van der Waals surface area contributed by atoms with Crippen molar-refractivity contribution in [3.8, 4) is 5.75 Å². The van der Waals surface area contributed by atoms with Crippen molar-refractivity contribution in [2.24, 2.45) is 0 Å². The van der Waals surface area contributed by atoms with Crippen molar-refractivity contribution in [2.45, 2.75) is 57.2 Å². The molecule has 0 bridgehead atoms. The second-order valence-electron chi connectivity index (χ2n) is 6.33. The van der Waals surface area contributed by atoms with Crippen molar-refractivity contribution < 1.29 is 4.74 Å². The SMILES string of the molecule is CCC1CCCCCN1C1COc2ccccc2C1NC. The fraction of sp³-hybridized carbons (Fsp3) is 0.667. The molecule has 0 aliphatic carbocycles. The van der Waals surface area contributed by atoms with Crippen LogP contribution >= 0.6 is 0 Å². The quantitative estimate of drug-likeness (QED) is 0.923. The summed E-state index contributed by atoms with van der Waals surface area (Å²) in [5.74, 6) is 1.05. The number of likely N-dealkylation sites (tertiary alicyclic amines) is 1. The van der Waals surface area contributed by atoms with Crippen LogP contribution in [0.1, 0.15) is 50.6 Å². The van der Waals surface area contributed by atoms with Gasteiger partial charge in [-0.15, -0.1) is 0 Å². The van der Waals surface area contributed by atoms with Gasteiger partial charge < -0.3 is 10.1 Å². The Morgan fingerprint density at radius 1 is 1.24 bits per heavy atom. The van der Waals surface area contributed by atoms with Crippen LogP contribution in [0, 0.1) is 0 Å². The van der Waals surface area contributed by atoms with E-state index < -0.39 is 0 Å². The molecule has 1 saturated heterocycles. The molecule has 3 rings (SSSR count). The highest BCUT2D eigenvalue weighted by atomic mass is 16.5. The van der Waals surface area contributed by atoms with Crippen molar-refractivity contribution in [1.82, 2.24) is 10.2 Å². The largest absolute Gasteiger partial charge is 0.492 e. The molecule has 21 heavy (non-hydrogen) atoms. The maximum Gasteiger partial charge on any atom is 0.124 e. The Balaban J connectivity index is 1.87. The molecule has 3 atom stereocenters. The highest BCUT2D eigenvalue weighted by Gasteiger charge is 2.36. The van der Waals surface area contributed by atoms with Crippen LogP contribution in [0.3, 0.4) is 0 Å². The summed E-state index contributed by atoms with van der Waals surface area (Å²) in [6, 6.07) is 10.0. The number of rotatable bonds is 3. The van der Waals surface area contributed by atoms with Crippen LogP contribution in [-0.4, -0.2) is 37.2 Å². The molecule has 1 fully saturated rings. The van der Waals surface area contributed by atoms with E-state index in [1.54, 1.807) is 0 Å². The molecule has 3 unspecified atom stereocenters. The molecule has 0 radical (unpaired) electrons. The Morgan fingerprint density at radius 2 is 2.10 bits per heavy atom. The number of nitrogens with zero attached hydrogens (tertiary/aromatic N) is 1. The summed E-state index contributed by atoms with van der Waals surface area (Å²) in [6.45, 7) is 4.35. The van der Waals surface area contributed by atoms with Gasteiger partial charge in [0.2, 0.25) is 0 Å². The van der Waals surface area contributed by atoms with Crippen molar-refractivity contribution in [3.05, 3.63) is 29.8 Å². The molecule has 2 aliphatic rings. The number of hydrogen-bond acceptors (Lipinski definition) is 3. The molecule has 0 aromatic heterocycles. The van der Waals surface area contributed by atoms with Crippen LogP contribution in [0.5, 0.6) is 5.75 Å². The standard InChI is InChI=1S/C18H28N2O/c1-3-14-9-5-4-8-12-20(14)16-13-21-17-11-7-6-10-15(17)18(16)19-2/h6-7,10-11,14,16,18-19H,3-5,8-9,12-13H2,1-2H3. The molecule has 1 N–H and O–H groups in total. The lowest BCUT2D eigenvalue weighted by Crippen LogP contribution is -2.53. The highest BCUT2D eigenvalue weighted by Crippen LogP contribution is 2.36. The minimum atomic E-state index is 0.377. The number of nitrogens with one attached hydrogen (secondary N) is 1. The summed E-state index contributed by atoms with van der Waals surface area (Å²) in [5.41, 5.74) is 1.32. The lowest BCUT2D eigenvalue weighted by molar-refractivity contribution is 0.0539. The molecule has 2 heterocycles. The van der Waals surface area contributed by atoms with Gasteiger partial charge in [-0.2, -0.15) is 0 Å². The second-order valence-corrected chi connectivity index (χ2v) is 6.33. The zero-order valence-electron chi connectivity index (χ0n) is 13.3. The second kappa shape index (κ2) is 6.80. The fourth-order valence-electron chi connectivity index (χ4n) is 4.06. The third kappa shape index (κ3) is 2.95. The molecule has 0 saturated carbocycles. The monoisotopic (exact) mass is 288 g/mol. The average Bonchev–Trinajstić information content (AvgIpc) is 2.78. The first-order chi connectivity index (χ1) is 10.3. The average molecular weight is 288 g/mol. The van der Waals surface area contributed by atoms with E-state index in [0.29, 0.717) is 18.1 Å². The molecule has 0 amide bonds. The van der Waals surface area contributed by atoms with E-state index in [2.05, 4.69) is 48.5 Å². The van der Waals surface area contributed by atoms with E-state index in [1.807, 2.05) is 0 Å². The predicted molar refractivity (Wildman–Crippen MR) is 86.8 cm³/mol. The highest BCUT2D eigenvalue weighted by molar-refractivity contribution is 5.38. The molecule has 1 aromatic rings. The molecular weight excluding hydrogens is 260 g/mol. The Kier molecular flexibility index (Phi) is 4.81. The first-order valence-corrected chi connectivity index (χ1v) is 8.50. The molecule has 0 spiro atoms. The molecule has 3 heteroatoms. The van der Waals surface area contributed by atoms with Crippen LogP contribution in [0.4, 0.5) is 0 Å². The number of fused-ring (bicyclic) bond motifs is 1. The van der Waals surface area contributed by atoms with Crippen LogP contribution in [-0.2, 0) is 0 Å². The lowest BCUT2D eigenvalue weighted by Gasteiger charge is -2.43. The van der Waals surface area contributed by atoms with Gasteiger partial charge in [0.1, 0.15) is 12.4 Å². The summed E-state index contributed by atoms with van der Waals surface area (Å²) < 4.78 is 6.07. The molecule has 116 valence electrons. The maximum atomic E-state index is 6.07. The topological polar surface area (TPSA) is 24.5 Å². The van der Waals surface area contributed by atoms with Gasteiger partial charge in [-0.05, 0) is 38.9 Å². The Bertz CT molecular complexity index is 462. The normalized spacial score (nSPS) is 30.3. The summed E-state index contributed by atoms with van der Waals surface area (Å²) >= 11 is 0. The van der Waals surface area contributed by atoms with Crippen molar-refractivity contribution >= 4 is 0 Å². The van der Waals surface area contributed by atoms with Gasteiger partial charge >= 0.3 is 0 Å². The zero-order chi connectivity index (χ0) is 14.7. The molecule has 1 aromatic carbocycles. The van der Waals surface area contributed by atoms with E-state index >= 15 is 0 Å².